The number of carbonyl (C=O) groups excluding carboxylic acids is 1. The van der Waals surface area contributed by atoms with Crippen molar-refractivity contribution in [2.45, 2.75) is 13.0 Å². The molecular formula is C22H19N3O. The molecule has 0 saturated heterocycles. The van der Waals surface area contributed by atoms with Crippen molar-refractivity contribution in [3.63, 3.8) is 0 Å². The van der Waals surface area contributed by atoms with Crippen LogP contribution in [0.4, 0.5) is 0 Å². The Kier molecular flexibility index (Phi) is 4.23. The first kappa shape index (κ1) is 16.1. The van der Waals surface area contributed by atoms with Crippen LogP contribution < -0.4 is 5.32 Å². The van der Waals surface area contributed by atoms with Crippen LogP contribution in [0.1, 0.15) is 24.2 Å². The maximum Gasteiger partial charge on any atom is 0.244 e. The molecule has 26 heavy (non-hydrogen) atoms. The molecule has 1 unspecified atom stereocenters. The van der Waals surface area contributed by atoms with E-state index in [9.17, 15) is 4.79 Å². The van der Waals surface area contributed by atoms with E-state index in [1.54, 1.807) is 12.3 Å². The lowest BCUT2D eigenvalue weighted by molar-refractivity contribution is -0.117. The molecule has 0 aliphatic heterocycles. The third kappa shape index (κ3) is 3.22. The van der Waals surface area contributed by atoms with Crippen molar-refractivity contribution in [3.8, 4) is 0 Å². The van der Waals surface area contributed by atoms with Crippen molar-refractivity contribution in [3.05, 3.63) is 84.2 Å². The zero-order valence-corrected chi connectivity index (χ0v) is 14.4. The smallest absolute Gasteiger partial charge is 0.244 e. The number of hydrogen-bond donors (Lipinski definition) is 2. The first-order valence-corrected chi connectivity index (χ1v) is 8.61. The number of carbonyl (C=O) groups is 1. The van der Waals surface area contributed by atoms with E-state index in [0.29, 0.717) is 0 Å². The molecule has 0 saturated carbocycles. The Morgan fingerprint density at radius 2 is 1.81 bits per heavy atom. The minimum absolute atomic E-state index is 0.0441. The Morgan fingerprint density at radius 1 is 1.04 bits per heavy atom. The summed E-state index contributed by atoms with van der Waals surface area (Å²) in [5.41, 5.74) is 3.91. The number of aromatic amines is 1. The first-order valence-electron chi connectivity index (χ1n) is 8.61. The second-order valence-electron chi connectivity index (χ2n) is 6.30. The minimum Gasteiger partial charge on any atom is -0.353 e. The average Bonchev–Trinajstić information content (AvgIpc) is 3.05. The van der Waals surface area contributed by atoms with Crippen LogP contribution in [0.2, 0.25) is 0 Å². The van der Waals surface area contributed by atoms with Gasteiger partial charge in [-0.05, 0) is 30.7 Å². The molecule has 4 rings (SSSR count). The fourth-order valence-corrected chi connectivity index (χ4v) is 3.10. The van der Waals surface area contributed by atoms with Crippen LogP contribution in [0.15, 0.2) is 72.9 Å². The van der Waals surface area contributed by atoms with Gasteiger partial charge in [-0.1, -0.05) is 48.5 Å². The van der Waals surface area contributed by atoms with Gasteiger partial charge in [-0.25, -0.2) is 0 Å². The summed E-state index contributed by atoms with van der Waals surface area (Å²) in [5.74, 6) is -0.137. The molecule has 4 nitrogen and oxygen atoms in total. The molecule has 2 heterocycles. The molecule has 1 amide bonds. The number of rotatable bonds is 4. The lowest BCUT2D eigenvalue weighted by Crippen LogP contribution is -2.24. The van der Waals surface area contributed by atoms with Gasteiger partial charge in [0.25, 0.3) is 0 Å². The second-order valence-corrected chi connectivity index (χ2v) is 6.30. The summed E-state index contributed by atoms with van der Waals surface area (Å²) in [6.07, 6.45) is 5.08. The van der Waals surface area contributed by atoms with Gasteiger partial charge >= 0.3 is 0 Å². The van der Waals surface area contributed by atoms with E-state index in [2.05, 4.69) is 21.4 Å². The van der Waals surface area contributed by atoms with Crippen LogP contribution in [0, 0.1) is 0 Å². The van der Waals surface area contributed by atoms with Gasteiger partial charge in [-0.3, -0.25) is 9.78 Å². The fourth-order valence-electron chi connectivity index (χ4n) is 3.10. The molecule has 2 N–H and O–H groups in total. The van der Waals surface area contributed by atoms with Gasteiger partial charge in [0, 0.05) is 22.4 Å². The van der Waals surface area contributed by atoms with Crippen LogP contribution in [0.3, 0.4) is 0 Å². The molecule has 0 spiro atoms. The zero-order chi connectivity index (χ0) is 17.9. The highest BCUT2D eigenvalue weighted by Crippen LogP contribution is 2.25. The number of amides is 1. The lowest BCUT2D eigenvalue weighted by Gasteiger charge is -2.12. The summed E-state index contributed by atoms with van der Waals surface area (Å²) in [7, 11) is 0. The number of nitrogens with zero attached hydrogens (tertiary/aromatic N) is 1. The highest BCUT2D eigenvalue weighted by molar-refractivity contribution is 6.07. The van der Waals surface area contributed by atoms with Gasteiger partial charge in [0.15, 0.2) is 0 Å². The van der Waals surface area contributed by atoms with Crippen LogP contribution in [0.5, 0.6) is 0 Å². The molecule has 1 atom stereocenters. The SMILES string of the molecule is CC(NC(=O)/C=C/c1cc2c(cn1)[nH]c1ccccc12)c1ccccc1. The lowest BCUT2D eigenvalue weighted by atomic mass is 10.1. The van der Waals surface area contributed by atoms with Crippen molar-refractivity contribution in [1.82, 2.24) is 15.3 Å². The number of fused-ring (bicyclic) bond motifs is 3. The summed E-state index contributed by atoms with van der Waals surface area (Å²) in [6, 6.07) is 20.0. The summed E-state index contributed by atoms with van der Waals surface area (Å²) < 4.78 is 0. The van der Waals surface area contributed by atoms with Gasteiger partial charge in [0.2, 0.25) is 5.91 Å². The number of aromatic nitrogens is 2. The molecule has 0 fully saturated rings. The Morgan fingerprint density at radius 3 is 2.65 bits per heavy atom. The normalized spacial score (nSPS) is 12.7. The quantitative estimate of drug-likeness (QED) is 0.533. The van der Waals surface area contributed by atoms with E-state index in [0.717, 1.165) is 33.1 Å². The zero-order valence-electron chi connectivity index (χ0n) is 14.4. The van der Waals surface area contributed by atoms with E-state index in [-0.39, 0.29) is 11.9 Å². The maximum absolute atomic E-state index is 12.2. The standard InChI is InChI=1S/C22H19N3O/c1-15(16-7-3-2-4-8-16)24-22(26)12-11-17-13-19-18-9-5-6-10-20(18)25-21(19)14-23-17/h2-15,25H,1H3,(H,24,26)/b12-11+. The van der Waals surface area contributed by atoms with Gasteiger partial charge in [0.05, 0.1) is 23.4 Å². The Balaban J connectivity index is 1.52. The van der Waals surface area contributed by atoms with Crippen LogP contribution in [-0.4, -0.2) is 15.9 Å². The molecule has 0 bridgehead atoms. The number of nitrogens with one attached hydrogen (secondary N) is 2. The molecule has 4 heteroatoms. The molecule has 0 radical (unpaired) electrons. The van der Waals surface area contributed by atoms with E-state index in [4.69, 9.17) is 0 Å². The van der Waals surface area contributed by atoms with Gasteiger partial charge < -0.3 is 10.3 Å². The van der Waals surface area contributed by atoms with Gasteiger partial charge in [-0.2, -0.15) is 0 Å². The number of para-hydroxylation sites is 1. The summed E-state index contributed by atoms with van der Waals surface area (Å²) in [5, 5.41) is 5.23. The molecule has 128 valence electrons. The number of hydrogen-bond acceptors (Lipinski definition) is 2. The van der Waals surface area contributed by atoms with Gasteiger partial charge in [-0.15, -0.1) is 0 Å². The summed E-state index contributed by atoms with van der Waals surface area (Å²) >= 11 is 0. The Labute approximate surface area is 151 Å². The Hall–Kier alpha value is -3.40. The van der Waals surface area contributed by atoms with Crippen LogP contribution >= 0.6 is 0 Å². The first-order chi connectivity index (χ1) is 12.7. The van der Waals surface area contributed by atoms with Crippen molar-refractivity contribution in [2.24, 2.45) is 0 Å². The van der Waals surface area contributed by atoms with Crippen molar-refractivity contribution < 1.29 is 4.79 Å². The summed E-state index contributed by atoms with van der Waals surface area (Å²) in [6.45, 7) is 1.97. The average molecular weight is 341 g/mol. The van der Waals surface area contributed by atoms with Crippen molar-refractivity contribution >= 4 is 33.8 Å². The molecule has 0 aliphatic rings. The number of benzene rings is 2. The largest absolute Gasteiger partial charge is 0.353 e. The predicted molar refractivity (Wildman–Crippen MR) is 106 cm³/mol. The third-order valence-electron chi connectivity index (χ3n) is 4.48. The third-order valence-corrected chi connectivity index (χ3v) is 4.48. The Bertz CT molecular complexity index is 1100. The fraction of sp³-hybridized carbons (Fsp3) is 0.0909. The topological polar surface area (TPSA) is 57.8 Å². The van der Waals surface area contributed by atoms with Gasteiger partial charge in [0.1, 0.15) is 0 Å². The predicted octanol–water partition coefficient (Wildman–Crippen LogP) is 4.61. The number of H-pyrrole nitrogens is 1. The maximum atomic E-state index is 12.2. The summed E-state index contributed by atoms with van der Waals surface area (Å²) in [4.78, 5) is 20.0. The number of pyridine rings is 1. The molecule has 2 aromatic carbocycles. The van der Waals surface area contributed by atoms with Crippen LogP contribution in [0.25, 0.3) is 27.9 Å². The van der Waals surface area contributed by atoms with E-state index in [1.165, 1.54) is 6.08 Å². The van der Waals surface area contributed by atoms with E-state index in [1.807, 2.05) is 61.5 Å². The molecular weight excluding hydrogens is 322 g/mol. The highest BCUT2D eigenvalue weighted by Gasteiger charge is 2.07. The minimum atomic E-state index is -0.137. The van der Waals surface area contributed by atoms with Crippen molar-refractivity contribution in [1.29, 1.82) is 0 Å². The van der Waals surface area contributed by atoms with E-state index >= 15 is 0 Å². The molecule has 4 aromatic rings. The van der Waals surface area contributed by atoms with Crippen molar-refractivity contribution in [2.75, 3.05) is 0 Å². The highest BCUT2D eigenvalue weighted by atomic mass is 16.1. The monoisotopic (exact) mass is 341 g/mol. The molecule has 0 aliphatic carbocycles. The molecule has 2 aromatic heterocycles. The van der Waals surface area contributed by atoms with E-state index < -0.39 is 0 Å². The second kappa shape index (κ2) is 6.84. The van der Waals surface area contributed by atoms with Crippen LogP contribution in [-0.2, 0) is 4.79 Å².